The monoisotopic (exact) mass is 539 g/mol. The number of H-pyrrole nitrogens is 1. The largest absolute Gasteiger partial charge is 0.361 e. The van der Waals surface area contributed by atoms with E-state index in [0.717, 1.165) is 61.0 Å². The van der Waals surface area contributed by atoms with E-state index >= 15 is 0 Å². The third-order valence-electron chi connectivity index (χ3n) is 6.78. The standard InChI is InChI=1S/C31H33N5O2S/c1-2-3-6-23-11-15-27(16-12-23)39(37,38)36-31-30(33-19-20-34-31)25-13-9-24(10-14-25)21-32-18-17-26-22-35-29-8-5-4-7-28(26)29/h4-5,7-16,19-20,22,32,35H,2-3,6,17-18,21H2,1H3,(H,34,36). The van der Waals surface area contributed by atoms with Gasteiger partial charge in [-0.05, 0) is 60.7 Å². The van der Waals surface area contributed by atoms with E-state index in [9.17, 15) is 8.42 Å². The molecule has 39 heavy (non-hydrogen) atoms. The first kappa shape index (κ1) is 26.6. The van der Waals surface area contributed by atoms with Crippen LogP contribution in [0.3, 0.4) is 0 Å². The van der Waals surface area contributed by atoms with Gasteiger partial charge in [0.1, 0.15) is 5.69 Å². The van der Waals surface area contributed by atoms with Crippen LogP contribution in [0.5, 0.6) is 0 Å². The molecule has 0 unspecified atom stereocenters. The Morgan fingerprint density at radius 1 is 0.846 bits per heavy atom. The number of benzene rings is 3. The van der Waals surface area contributed by atoms with Crippen LogP contribution in [0, 0.1) is 0 Å². The molecule has 0 aliphatic rings. The van der Waals surface area contributed by atoms with Crippen LogP contribution in [0.25, 0.3) is 22.2 Å². The number of hydrogen-bond donors (Lipinski definition) is 3. The minimum absolute atomic E-state index is 0.202. The fourth-order valence-electron chi connectivity index (χ4n) is 4.60. The molecule has 3 aromatic carbocycles. The fourth-order valence-corrected chi connectivity index (χ4v) is 5.62. The SMILES string of the molecule is CCCCc1ccc(S(=O)(=O)Nc2nccnc2-c2ccc(CNCCc3c[nH]c4ccccc34)cc2)cc1. The second-order valence-corrected chi connectivity index (χ2v) is 11.3. The Labute approximate surface area is 229 Å². The topological polar surface area (TPSA) is 99.8 Å². The summed E-state index contributed by atoms with van der Waals surface area (Å²) in [4.78, 5) is 12.2. The number of rotatable bonds is 12. The minimum Gasteiger partial charge on any atom is -0.361 e. The summed E-state index contributed by atoms with van der Waals surface area (Å²) in [5.74, 6) is 0.206. The lowest BCUT2D eigenvalue weighted by Gasteiger charge is -2.12. The molecule has 8 heteroatoms. The van der Waals surface area contributed by atoms with E-state index in [-0.39, 0.29) is 10.7 Å². The Balaban J connectivity index is 1.21. The van der Waals surface area contributed by atoms with Crippen LogP contribution in [0.2, 0.25) is 0 Å². The van der Waals surface area contributed by atoms with E-state index in [1.165, 1.54) is 17.1 Å². The predicted octanol–water partition coefficient (Wildman–Crippen LogP) is 6.10. The van der Waals surface area contributed by atoms with Crippen LogP contribution < -0.4 is 10.0 Å². The number of aromatic nitrogens is 3. The summed E-state index contributed by atoms with van der Waals surface area (Å²) >= 11 is 0. The van der Waals surface area contributed by atoms with Gasteiger partial charge in [-0.1, -0.05) is 67.9 Å². The highest BCUT2D eigenvalue weighted by Crippen LogP contribution is 2.26. The first-order chi connectivity index (χ1) is 19.0. The maximum atomic E-state index is 13.1. The summed E-state index contributed by atoms with van der Waals surface area (Å²) in [6.45, 7) is 3.73. The number of aromatic amines is 1. The average molecular weight is 540 g/mol. The summed E-state index contributed by atoms with van der Waals surface area (Å²) in [6.07, 6.45) is 9.18. The zero-order valence-electron chi connectivity index (χ0n) is 22.0. The number of nitrogens with one attached hydrogen (secondary N) is 3. The van der Waals surface area contributed by atoms with Crippen molar-refractivity contribution in [2.45, 2.75) is 44.0 Å². The molecule has 2 aromatic heterocycles. The fraction of sp³-hybridized carbons (Fsp3) is 0.226. The number of sulfonamides is 1. The van der Waals surface area contributed by atoms with Crippen LogP contribution >= 0.6 is 0 Å². The smallest absolute Gasteiger partial charge is 0.263 e. The minimum atomic E-state index is -3.80. The molecule has 3 N–H and O–H groups in total. The second-order valence-electron chi connectivity index (χ2n) is 9.59. The van der Waals surface area contributed by atoms with Gasteiger partial charge in [-0.15, -0.1) is 0 Å². The quantitative estimate of drug-likeness (QED) is 0.166. The Hall–Kier alpha value is -4.01. The zero-order chi connectivity index (χ0) is 27.1. The Bertz CT molecular complexity index is 1630. The molecule has 0 saturated heterocycles. The van der Waals surface area contributed by atoms with Gasteiger partial charge in [-0.3, -0.25) is 9.71 Å². The van der Waals surface area contributed by atoms with Gasteiger partial charge in [0.2, 0.25) is 0 Å². The maximum Gasteiger partial charge on any atom is 0.263 e. The van der Waals surface area contributed by atoms with Gasteiger partial charge in [0.15, 0.2) is 5.82 Å². The van der Waals surface area contributed by atoms with Crippen LogP contribution in [0.1, 0.15) is 36.5 Å². The lowest BCUT2D eigenvalue weighted by molar-refractivity contribution is 0.601. The molecule has 5 rings (SSSR count). The van der Waals surface area contributed by atoms with E-state index in [2.05, 4.69) is 56.3 Å². The van der Waals surface area contributed by atoms with Gasteiger partial charge in [0, 0.05) is 41.6 Å². The number of hydrogen-bond acceptors (Lipinski definition) is 5. The molecule has 7 nitrogen and oxygen atoms in total. The molecule has 2 heterocycles. The Kier molecular flexibility index (Phi) is 8.34. The van der Waals surface area contributed by atoms with Crippen molar-refractivity contribution < 1.29 is 8.42 Å². The van der Waals surface area contributed by atoms with Crippen molar-refractivity contribution in [1.82, 2.24) is 20.3 Å². The van der Waals surface area contributed by atoms with E-state index in [1.54, 1.807) is 18.3 Å². The summed E-state index contributed by atoms with van der Waals surface area (Å²) in [5.41, 5.74) is 6.00. The zero-order valence-corrected chi connectivity index (χ0v) is 22.8. The summed E-state index contributed by atoms with van der Waals surface area (Å²) < 4.78 is 28.8. The second kappa shape index (κ2) is 12.2. The molecule has 0 aliphatic heterocycles. The van der Waals surface area contributed by atoms with Crippen molar-refractivity contribution in [3.8, 4) is 11.3 Å². The molecule has 0 radical (unpaired) electrons. The number of para-hydroxylation sites is 1. The number of anilines is 1. The molecule has 0 atom stereocenters. The van der Waals surface area contributed by atoms with Crippen molar-refractivity contribution in [2.75, 3.05) is 11.3 Å². The van der Waals surface area contributed by atoms with Crippen LogP contribution in [0.15, 0.2) is 96.3 Å². The highest BCUT2D eigenvalue weighted by Gasteiger charge is 2.18. The van der Waals surface area contributed by atoms with Crippen LogP contribution in [-0.2, 0) is 29.4 Å². The van der Waals surface area contributed by atoms with Gasteiger partial charge in [-0.25, -0.2) is 13.4 Å². The number of unbranched alkanes of at least 4 members (excludes halogenated alkanes) is 1. The van der Waals surface area contributed by atoms with Crippen LogP contribution in [0.4, 0.5) is 5.82 Å². The van der Waals surface area contributed by atoms with Crippen molar-refractivity contribution in [3.05, 3.63) is 108 Å². The third kappa shape index (κ3) is 6.53. The third-order valence-corrected chi connectivity index (χ3v) is 8.14. The molecule has 0 spiro atoms. The average Bonchev–Trinajstić information content (AvgIpc) is 3.38. The molecule has 200 valence electrons. The highest BCUT2D eigenvalue weighted by molar-refractivity contribution is 7.92. The molecular weight excluding hydrogens is 506 g/mol. The number of aryl methyl sites for hydroxylation is 1. The highest BCUT2D eigenvalue weighted by atomic mass is 32.2. The molecule has 0 amide bonds. The van der Waals surface area contributed by atoms with Gasteiger partial charge in [0.05, 0.1) is 4.90 Å². The summed E-state index contributed by atoms with van der Waals surface area (Å²) in [6, 6.07) is 23.3. The van der Waals surface area contributed by atoms with Crippen molar-refractivity contribution in [1.29, 1.82) is 0 Å². The van der Waals surface area contributed by atoms with Crippen molar-refractivity contribution >= 4 is 26.7 Å². The van der Waals surface area contributed by atoms with Gasteiger partial charge < -0.3 is 10.3 Å². The molecule has 0 aliphatic carbocycles. The summed E-state index contributed by atoms with van der Waals surface area (Å²) in [5, 5.41) is 4.77. The molecule has 0 bridgehead atoms. The van der Waals surface area contributed by atoms with E-state index in [0.29, 0.717) is 5.69 Å². The Morgan fingerprint density at radius 3 is 2.38 bits per heavy atom. The first-order valence-corrected chi connectivity index (χ1v) is 14.8. The lowest BCUT2D eigenvalue weighted by Crippen LogP contribution is -2.16. The van der Waals surface area contributed by atoms with Crippen LogP contribution in [-0.4, -0.2) is 29.9 Å². The number of nitrogens with zero attached hydrogens (tertiary/aromatic N) is 2. The Morgan fingerprint density at radius 2 is 1.59 bits per heavy atom. The molecule has 0 saturated carbocycles. The van der Waals surface area contributed by atoms with E-state index in [4.69, 9.17) is 0 Å². The summed E-state index contributed by atoms with van der Waals surface area (Å²) in [7, 11) is -3.80. The predicted molar refractivity (Wildman–Crippen MR) is 157 cm³/mol. The molecular formula is C31H33N5O2S. The first-order valence-electron chi connectivity index (χ1n) is 13.3. The van der Waals surface area contributed by atoms with E-state index in [1.807, 2.05) is 42.5 Å². The van der Waals surface area contributed by atoms with Crippen molar-refractivity contribution in [2.24, 2.45) is 0 Å². The lowest BCUT2D eigenvalue weighted by atomic mass is 10.1. The van der Waals surface area contributed by atoms with Gasteiger partial charge in [0.25, 0.3) is 10.0 Å². The van der Waals surface area contributed by atoms with E-state index < -0.39 is 10.0 Å². The molecule has 0 fully saturated rings. The van der Waals surface area contributed by atoms with Gasteiger partial charge >= 0.3 is 0 Å². The number of fused-ring (bicyclic) bond motifs is 1. The normalized spacial score (nSPS) is 11.6. The maximum absolute atomic E-state index is 13.1. The van der Waals surface area contributed by atoms with Crippen molar-refractivity contribution in [3.63, 3.8) is 0 Å². The van der Waals surface area contributed by atoms with Gasteiger partial charge in [-0.2, -0.15) is 0 Å². The molecule has 5 aromatic rings.